The lowest BCUT2D eigenvalue weighted by Crippen LogP contribution is -2.31. The molecule has 0 saturated heterocycles. The zero-order valence-electron chi connectivity index (χ0n) is 12.6. The summed E-state index contributed by atoms with van der Waals surface area (Å²) in [7, 11) is 0. The first-order valence-corrected chi connectivity index (χ1v) is 7.89. The number of carbonyl (C=O) groups excluding carboxylic acids is 1. The second-order valence-corrected chi connectivity index (χ2v) is 5.98. The zero-order valence-corrected chi connectivity index (χ0v) is 14.2. The Morgan fingerprint density at radius 1 is 1.13 bits per heavy atom. The van der Waals surface area contributed by atoms with Crippen molar-refractivity contribution in [1.29, 1.82) is 0 Å². The predicted octanol–water partition coefficient (Wildman–Crippen LogP) is 3.82. The molecule has 5 nitrogen and oxygen atoms in total. The molecule has 0 saturated carbocycles. The summed E-state index contributed by atoms with van der Waals surface area (Å²) in [6.45, 7) is 2.15. The molecule has 0 unspecified atom stereocenters. The van der Waals surface area contributed by atoms with Crippen LogP contribution in [0, 0.1) is 6.92 Å². The lowest BCUT2D eigenvalue weighted by molar-refractivity contribution is 0.0697. The lowest BCUT2D eigenvalue weighted by atomic mass is 10.1. The number of aryl methyl sites for hydroxylation is 1. The molecule has 2 aromatic carbocycles. The monoisotopic (exact) mass is 376 g/mol. The van der Waals surface area contributed by atoms with E-state index < -0.39 is 12.0 Å². The van der Waals surface area contributed by atoms with Gasteiger partial charge in [0.25, 0.3) is 0 Å². The summed E-state index contributed by atoms with van der Waals surface area (Å²) in [5.74, 6) is -1.06. The first-order valence-electron chi connectivity index (χ1n) is 7.09. The van der Waals surface area contributed by atoms with E-state index in [1.54, 1.807) is 25.1 Å². The zero-order chi connectivity index (χ0) is 16.8. The van der Waals surface area contributed by atoms with Crippen LogP contribution in [0.4, 0.5) is 10.5 Å². The van der Waals surface area contributed by atoms with Crippen LogP contribution >= 0.6 is 15.9 Å². The SMILES string of the molecule is Cc1cccc(NC(=O)NCCc2ccc(Br)cc2)c1C(=O)O. The summed E-state index contributed by atoms with van der Waals surface area (Å²) in [5, 5.41) is 14.5. The fraction of sp³-hybridized carbons (Fsp3) is 0.176. The van der Waals surface area contributed by atoms with E-state index in [4.69, 9.17) is 0 Å². The number of carboxylic acid groups (broad SMARTS) is 1. The van der Waals surface area contributed by atoms with Gasteiger partial charge in [-0.2, -0.15) is 0 Å². The van der Waals surface area contributed by atoms with Gasteiger partial charge in [-0.25, -0.2) is 9.59 Å². The maximum Gasteiger partial charge on any atom is 0.338 e. The third-order valence-corrected chi connectivity index (χ3v) is 3.88. The van der Waals surface area contributed by atoms with E-state index in [0.717, 1.165) is 10.0 Å². The van der Waals surface area contributed by atoms with Crippen molar-refractivity contribution in [2.75, 3.05) is 11.9 Å². The maximum atomic E-state index is 11.9. The molecule has 23 heavy (non-hydrogen) atoms. The molecule has 2 aromatic rings. The van der Waals surface area contributed by atoms with Crippen molar-refractivity contribution in [3.63, 3.8) is 0 Å². The Morgan fingerprint density at radius 3 is 2.48 bits per heavy atom. The molecule has 3 N–H and O–H groups in total. The number of urea groups is 1. The molecule has 6 heteroatoms. The topological polar surface area (TPSA) is 78.4 Å². The van der Waals surface area contributed by atoms with Crippen molar-refractivity contribution in [2.24, 2.45) is 0 Å². The molecule has 2 rings (SSSR count). The van der Waals surface area contributed by atoms with Crippen molar-refractivity contribution >= 4 is 33.6 Å². The smallest absolute Gasteiger partial charge is 0.338 e. The van der Waals surface area contributed by atoms with E-state index in [1.807, 2.05) is 24.3 Å². The van der Waals surface area contributed by atoms with Crippen molar-refractivity contribution in [1.82, 2.24) is 5.32 Å². The first kappa shape index (κ1) is 17.0. The fourth-order valence-corrected chi connectivity index (χ4v) is 2.46. The molecule has 0 heterocycles. The van der Waals surface area contributed by atoms with E-state index in [9.17, 15) is 14.7 Å². The van der Waals surface area contributed by atoms with E-state index in [-0.39, 0.29) is 5.56 Å². The number of carbonyl (C=O) groups is 2. The number of halogens is 1. The Bertz CT molecular complexity index is 714. The number of rotatable bonds is 5. The maximum absolute atomic E-state index is 11.9. The average molecular weight is 377 g/mol. The molecular weight excluding hydrogens is 360 g/mol. The Morgan fingerprint density at radius 2 is 1.83 bits per heavy atom. The Balaban J connectivity index is 1.91. The Hall–Kier alpha value is -2.34. The van der Waals surface area contributed by atoms with Gasteiger partial charge in [0.2, 0.25) is 0 Å². The van der Waals surface area contributed by atoms with Gasteiger partial charge in [0.15, 0.2) is 0 Å². The Labute approximate surface area is 142 Å². The van der Waals surface area contributed by atoms with Crippen molar-refractivity contribution in [2.45, 2.75) is 13.3 Å². The van der Waals surface area contributed by atoms with Crippen LogP contribution in [0.25, 0.3) is 0 Å². The molecule has 0 bridgehead atoms. The number of hydrogen-bond donors (Lipinski definition) is 3. The van der Waals surface area contributed by atoms with Crippen LogP contribution in [0.3, 0.4) is 0 Å². The largest absolute Gasteiger partial charge is 0.478 e. The number of aromatic carboxylic acids is 1. The van der Waals surface area contributed by atoms with Crippen LogP contribution in [-0.4, -0.2) is 23.7 Å². The molecular formula is C17H17BrN2O3. The molecule has 0 aromatic heterocycles. The van der Waals surface area contributed by atoms with Crippen LogP contribution < -0.4 is 10.6 Å². The molecule has 0 atom stereocenters. The van der Waals surface area contributed by atoms with E-state index in [2.05, 4.69) is 26.6 Å². The summed E-state index contributed by atoms with van der Waals surface area (Å²) < 4.78 is 1.01. The molecule has 0 spiro atoms. The third-order valence-electron chi connectivity index (χ3n) is 3.35. The van der Waals surface area contributed by atoms with Gasteiger partial charge < -0.3 is 15.7 Å². The molecule has 0 aliphatic rings. The number of anilines is 1. The Kier molecular flexibility index (Phi) is 5.76. The molecule has 2 amide bonds. The average Bonchev–Trinajstić information content (AvgIpc) is 2.49. The highest BCUT2D eigenvalue weighted by molar-refractivity contribution is 9.10. The standard InChI is InChI=1S/C17H17BrN2O3/c1-11-3-2-4-14(15(11)16(21)22)20-17(23)19-10-9-12-5-7-13(18)8-6-12/h2-8H,9-10H2,1H3,(H,21,22)(H2,19,20,23). The second kappa shape index (κ2) is 7.78. The number of benzene rings is 2. The molecule has 120 valence electrons. The van der Waals surface area contributed by atoms with Crippen molar-refractivity contribution in [3.05, 3.63) is 63.6 Å². The second-order valence-electron chi connectivity index (χ2n) is 5.06. The minimum atomic E-state index is -1.06. The van der Waals surface area contributed by atoms with Gasteiger partial charge in [-0.3, -0.25) is 0 Å². The summed E-state index contributed by atoms with van der Waals surface area (Å²) in [4.78, 5) is 23.2. The van der Waals surface area contributed by atoms with Gasteiger partial charge in [0.1, 0.15) is 0 Å². The third kappa shape index (κ3) is 4.82. The van der Waals surface area contributed by atoms with Crippen LogP contribution in [0.15, 0.2) is 46.9 Å². The summed E-state index contributed by atoms with van der Waals surface area (Å²) >= 11 is 3.37. The van der Waals surface area contributed by atoms with E-state index >= 15 is 0 Å². The highest BCUT2D eigenvalue weighted by Crippen LogP contribution is 2.19. The van der Waals surface area contributed by atoms with Crippen LogP contribution in [0.5, 0.6) is 0 Å². The lowest BCUT2D eigenvalue weighted by Gasteiger charge is -2.11. The quantitative estimate of drug-likeness (QED) is 0.741. The van der Waals surface area contributed by atoms with E-state index in [1.165, 1.54) is 0 Å². The number of carboxylic acids is 1. The normalized spacial score (nSPS) is 10.2. The van der Waals surface area contributed by atoms with Crippen molar-refractivity contribution < 1.29 is 14.7 Å². The highest BCUT2D eigenvalue weighted by atomic mass is 79.9. The predicted molar refractivity (Wildman–Crippen MR) is 93.0 cm³/mol. The van der Waals surface area contributed by atoms with Crippen LogP contribution in [-0.2, 0) is 6.42 Å². The van der Waals surface area contributed by atoms with Gasteiger partial charge in [0, 0.05) is 11.0 Å². The van der Waals surface area contributed by atoms with Crippen molar-refractivity contribution in [3.8, 4) is 0 Å². The van der Waals surface area contributed by atoms with Gasteiger partial charge in [0.05, 0.1) is 11.3 Å². The molecule has 0 aliphatic heterocycles. The van der Waals surface area contributed by atoms with E-state index in [0.29, 0.717) is 24.2 Å². The molecule has 0 aliphatic carbocycles. The van der Waals surface area contributed by atoms with Crippen LogP contribution in [0.2, 0.25) is 0 Å². The number of hydrogen-bond acceptors (Lipinski definition) is 2. The van der Waals surface area contributed by atoms with Gasteiger partial charge in [-0.05, 0) is 42.7 Å². The first-order chi connectivity index (χ1) is 11.0. The molecule has 0 radical (unpaired) electrons. The van der Waals surface area contributed by atoms with Gasteiger partial charge >= 0.3 is 12.0 Å². The summed E-state index contributed by atoms with van der Waals surface area (Å²) in [6, 6.07) is 12.4. The fourth-order valence-electron chi connectivity index (χ4n) is 2.19. The minimum Gasteiger partial charge on any atom is -0.478 e. The number of amides is 2. The highest BCUT2D eigenvalue weighted by Gasteiger charge is 2.14. The summed E-state index contributed by atoms with van der Waals surface area (Å²) in [6.07, 6.45) is 0.695. The van der Waals surface area contributed by atoms with Crippen LogP contribution in [0.1, 0.15) is 21.5 Å². The minimum absolute atomic E-state index is 0.107. The molecule has 0 fully saturated rings. The van der Waals surface area contributed by atoms with Gasteiger partial charge in [-0.1, -0.05) is 40.2 Å². The van der Waals surface area contributed by atoms with Gasteiger partial charge in [-0.15, -0.1) is 0 Å². The number of nitrogens with one attached hydrogen (secondary N) is 2. The summed E-state index contributed by atoms with van der Waals surface area (Å²) in [5.41, 5.74) is 2.11.